The second kappa shape index (κ2) is 6.21. The van der Waals surface area contributed by atoms with Crippen LogP contribution in [0.2, 0.25) is 5.02 Å². The van der Waals surface area contributed by atoms with Crippen LogP contribution in [0.3, 0.4) is 0 Å². The van der Waals surface area contributed by atoms with Gasteiger partial charge in [0.05, 0.1) is 16.8 Å². The first-order valence-corrected chi connectivity index (χ1v) is 5.66. The van der Waals surface area contributed by atoms with Gasteiger partial charge in [-0.15, -0.1) is 0 Å². The van der Waals surface area contributed by atoms with Crippen LogP contribution in [0.5, 0.6) is 0 Å². The van der Waals surface area contributed by atoms with Gasteiger partial charge in [-0.25, -0.2) is 0 Å². The van der Waals surface area contributed by atoms with Crippen molar-refractivity contribution in [1.29, 1.82) is 0 Å². The van der Waals surface area contributed by atoms with Gasteiger partial charge in [0.25, 0.3) is 0 Å². The zero-order chi connectivity index (χ0) is 12.9. The SMILES string of the molecule is CNC(CCCC(F)(F)F)c1ncccc1Cl. The highest BCUT2D eigenvalue weighted by Gasteiger charge is 2.27. The maximum absolute atomic E-state index is 12.0. The molecule has 0 saturated heterocycles. The average molecular weight is 267 g/mol. The van der Waals surface area contributed by atoms with Gasteiger partial charge >= 0.3 is 6.18 Å². The van der Waals surface area contributed by atoms with Gasteiger partial charge in [0.1, 0.15) is 0 Å². The maximum Gasteiger partial charge on any atom is 0.389 e. The molecule has 0 aliphatic rings. The zero-order valence-corrected chi connectivity index (χ0v) is 10.1. The Morgan fingerprint density at radius 3 is 2.71 bits per heavy atom. The molecule has 1 atom stereocenters. The fourth-order valence-electron chi connectivity index (χ4n) is 1.58. The minimum Gasteiger partial charge on any atom is -0.312 e. The lowest BCUT2D eigenvalue weighted by Gasteiger charge is -2.17. The Labute approximate surface area is 103 Å². The van der Waals surface area contributed by atoms with E-state index in [4.69, 9.17) is 11.6 Å². The summed E-state index contributed by atoms with van der Waals surface area (Å²) in [6, 6.07) is 3.12. The van der Waals surface area contributed by atoms with Crippen molar-refractivity contribution in [3.63, 3.8) is 0 Å². The van der Waals surface area contributed by atoms with Crippen molar-refractivity contribution in [2.75, 3.05) is 7.05 Å². The third kappa shape index (κ3) is 4.91. The number of aromatic nitrogens is 1. The van der Waals surface area contributed by atoms with Crippen LogP contribution in [0.15, 0.2) is 18.3 Å². The Kier molecular flexibility index (Phi) is 5.21. The molecule has 0 aliphatic carbocycles. The van der Waals surface area contributed by atoms with Crippen molar-refractivity contribution in [1.82, 2.24) is 10.3 Å². The van der Waals surface area contributed by atoms with Crippen molar-refractivity contribution in [2.45, 2.75) is 31.5 Å². The van der Waals surface area contributed by atoms with Crippen LogP contribution < -0.4 is 5.32 Å². The summed E-state index contributed by atoms with van der Waals surface area (Å²) in [6.07, 6.45) is -2.90. The van der Waals surface area contributed by atoms with E-state index in [2.05, 4.69) is 10.3 Å². The van der Waals surface area contributed by atoms with Crippen LogP contribution in [0.1, 0.15) is 31.0 Å². The van der Waals surface area contributed by atoms with Crippen LogP contribution in [-0.2, 0) is 0 Å². The summed E-state index contributed by atoms with van der Waals surface area (Å²) in [6.45, 7) is 0. The van der Waals surface area contributed by atoms with Gasteiger partial charge in [0.2, 0.25) is 0 Å². The summed E-state index contributed by atoms with van der Waals surface area (Å²) in [5, 5.41) is 3.40. The fourth-order valence-corrected chi connectivity index (χ4v) is 1.83. The van der Waals surface area contributed by atoms with Crippen molar-refractivity contribution < 1.29 is 13.2 Å². The van der Waals surface area contributed by atoms with Crippen molar-refractivity contribution in [3.05, 3.63) is 29.0 Å². The molecule has 1 rings (SSSR count). The Morgan fingerprint density at radius 1 is 1.47 bits per heavy atom. The van der Waals surface area contributed by atoms with E-state index in [0.29, 0.717) is 17.1 Å². The molecular weight excluding hydrogens is 253 g/mol. The van der Waals surface area contributed by atoms with Crippen LogP contribution in [0.4, 0.5) is 13.2 Å². The molecular formula is C11H14ClF3N2. The summed E-state index contributed by atoms with van der Waals surface area (Å²) < 4.78 is 36.1. The minimum atomic E-state index is -4.10. The number of nitrogens with zero attached hydrogens (tertiary/aromatic N) is 1. The molecule has 0 saturated carbocycles. The fraction of sp³-hybridized carbons (Fsp3) is 0.545. The molecule has 1 heterocycles. The molecule has 0 bridgehead atoms. The standard InChI is InChI=1S/C11H14ClF3N2/c1-16-9(5-2-6-11(13,14)15)10-8(12)4-3-7-17-10/h3-4,7,9,16H,2,5-6H2,1H3. The van der Waals surface area contributed by atoms with E-state index in [1.54, 1.807) is 25.4 Å². The number of nitrogens with one attached hydrogen (secondary N) is 1. The highest BCUT2D eigenvalue weighted by Crippen LogP contribution is 2.27. The first-order chi connectivity index (χ1) is 7.94. The monoisotopic (exact) mass is 266 g/mol. The second-order valence-corrected chi connectivity index (χ2v) is 4.13. The number of halogens is 4. The summed E-state index contributed by atoms with van der Waals surface area (Å²) in [7, 11) is 1.68. The Bertz CT molecular complexity index is 355. The number of hydrogen-bond acceptors (Lipinski definition) is 2. The largest absolute Gasteiger partial charge is 0.389 e. The van der Waals surface area contributed by atoms with Gasteiger partial charge in [-0.1, -0.05) is 11.6 Å². The quantitative estimate of drug-likeness (QED) is 0.878. The van der Waals surface area contributed by atoms with Crippen LogP contribution >= 0.6 is 11.6 Å². The maximum atomic E-state index is 12.0. The van der Waals surface area contributed by atoms with Crippen molar-refractivity contribution in [3.8, 4) is 0 Å². The van der Waals surface area contributed by atoms with Gasteiger partial charge in [-0.3, -0.25) is 4.98 Å². The lowest BCUT2D eigenvalue weighted by Crippen LogP contribution is -2.19. The van der Waals surface area contributed by atoms with Crippen LogP contribution in [0, 0.1) is 0 Å². The molecule has 0 radical (unpaired) electrons. The van der Waals surface area contributed by atoms with E-state index < -0.39 is 12.6 Å². The van der Waals surface area contributed by atoms with Crippen molar-refractivity contribution >= 4 is 11.6 Å². The summed E-state index contributed by atoms with van der Waals surface area (Å²) in [5.41, 5.74) is 0.596. The predicted octanol–water partition coefficient (Wildman–Crippen LogP) is 3.73. The summed E-state index contributed by atoms with van der Waals surface area (Å²) in [5.74, 6) is 0. The molecule has 0 amide bonds. The van der Waals surface area contributed by atoms with Gasteiger partial charge in [-0.2, -0.15) is 13.2 Å². The molecule has 1 aromatic heterocycles. The molecule has 2 nitrogen and oxygen atoms in total. The molecule has 6 heteroatoms. The zero-order valence-electron chi connectivity index (χ0n) is 9.39. The van der Waals surface area contributed by atoms with Gasteiger partial charge in [-0.05, 0) is 32.0 Å². The third-order valence-corrected chi connectivity index (χ3v) is 2.74. The molecule has 0 aromatic carbocycles. The second-order valence-electron chi connectivity index (χ2n) is 3.72. The normalized spacial score (nSPS) is 13.7. The lowest BCUT2D eigenvalue weighted by atomic mass is 10.1. The number of rotatable bonds is 5. The first-order valence-electron chi connectivity index (χ1n) is 5.28. The average Bonchev–Trinajstić information content (AvgIpc) is 2.24. The highest BCUT2D eigenvalue weighted by atomic mass is 35.5. The molecule has 17 heavy (non-hydrogen) atoms. The third-order valence-electron chi connectivity index (χ3n) is 2.42. The Balaban J connectivity index is 2.58. The number of hydrogen-bond donors (Lipinski definition) is 1. The smallest absolute Gasteiger partial charge is 0.312 e. The van der Waals surface area contributed by atoms with Crippen molar-refractivity contribution in [2.24, 2.45) is 0 Å². The Hall–Kier alpha value is -0.810. The van der Waals surface area contributed by atoms with E-state index >= 15 is 0 Å². The molecule has 1 aromatic rings. The van der Waals surface area contributed by atoms with E-state index in [1.165, 1.54) is 0 Å². The minimum absolute atomic E-state index is 0.0575. The van der Waals surface area contributed by atoms with E-state index in [1.807, 2.05) is 0 Å². The van der Waals surface area contributed by atoms with E-state index in [0.717, 1.165) is 0 Å². The summed E-state index contributed by atoms with van der Waals surface area (Å²) in [4.78, 5) is 4.09. The van der Waals surface area contributed by atoms with Crippen LogP contribution in [0.25, 0.3) is 0 Å². The topological polar surface area (TPSA) is 24.9 Å². The molecule has 1 unspecified atom stereocenters. The molecule has 96 valence electrons. The first kappa shape index (κ1) is 14.3. The van der Waals surface area contributed by atoms with Gasteiger partial charge in [0.15, 0.2) is 0 Å². The summed E-state index contributed by atoms with van der Waals surface area (Å²) >= 11 is 5.94. The molecule has 1 N–H and O–H groups in total. The molecule has 0 spiro atoms. The number of alkyl halides is 3. The molecule has 0 aliphatic heterocycles. The predicted molar refractivity (Wildman–Crippen MR) is 61.0 cm³/mol. The number of pyridine rings is 1. The van der Waals surface area contributed by atoms with E-state index in [9.17, 15) is 13.2 Å². The van der Waals surface area contributed by atoms with Gasteiger partial charge < -0.3 is 5.32 Å². The van der Waals surface area contributed by atoms with E-state index in [-0.39, 0.29) is 12.5 Å². The van der Waals surface area contributed by atoms with Crippen LogP contribution in [-0.4, -0.2) is 18.2 Å². The van der Waals surface area contributed by atoms with Gasteiger partial charge in [0, 0.05) is 12.6 Å². The lowest BCUT2D eigenvalue weighted by molar-refractivity contribution is -0.135. The highest BCUT2D eigenvalue weighted by molar-refractivity contribution is 6.31. The molecule has 0 fully saturated rings. The Morgan fingerprint density at radius 2 is 2.18 bits per heavy atom.